The van der Waals surface area contributed by atoms with E-state index in [1.54, 1.807) is 0 Å². The van der Waals surface area contributed by atoms with Crippen LogP contribution in [0.15, 0.2) is 0 Å². The van der Waals surface area contributed by atoms with Gasteiger partial charge in [-0.3, -0.25) is 9.05 Å². The van der Waals surface area contributed by atoms with Crippen molar-refractivity contribution in [1.82, 2.24) is 4.90 Å². The maximum Gasteiger partial charge on any atom is 0.472 e. The van der Waals surface area contributed by atoms with E-state index in [1.807, 2.05) is 0 Å². The number of hydrogen-bond acceptors (Lipinski definition) is 7. The minimum atomic E-state index is -4.13. The molecule has 0 aromatic heterocycles. The molecule has 124 valence electrons. The van der Waals surface area contributed by atoms with Gasteiger partial charge in [-0.25, -0.2) is 4.57 Å². The van der Waals surface area contributed by atoms with E-state index in [9.17, 15) is 4.57 Å². The van der Waals surface area contributed by atoms with Crippen LogP contribution in [0.1, 0.15) is 20.8 Å². The quantitative estimate of drug-likeness (QED) is 0.408. The van der Waals surface area contributed by atoms with E-state index in [-0.39, 0.29) is 13.2 Å². The van der Waals surface area contributed by atoms with Crippen LogP contribution in [0.2, 0.25) is 0 Å². The molecule has 0 bridgehead atoms. The monoisotopic (exact) mass is 316 g/mol. The van der Waals surface area contributed by atoms with Gasteiger partial charge in [0.2, 0.25) is 0 Å². The van der Waals surface area contributed by atoms with Crippen molar-refractivity contribution in [2.75, 3.05) is 46.0 Å². The van der Waals surface area contributed by atoms with Gasteiger partial charge >= 0.3 is 7.82 Å². The second kappa shape index (κ2) is 13.9. The van der Waals surface area contributed by atoms with Gasteiger partial charge in [-0.15, -0.1) is 0 Å². The first-order valence-electron chi connectivity index (χ1n) is 6.69. The van der Waals surface area contributed by atoms with Crippen molar-refractivity contribution < 1.29 is 28.7 Å². The number of phosphoric acid groups is 1. The van der Waals surface area contributed by atoms with Crippen LogP contribution in [0.5, 0.6) is 0 Å². The number of aliphatic hydroxyl groups is 2. The molecule has 0 aliphatic heterocycles. The largest absolute Gasteiger partial charge is 0.472 e. The first kappa shape index (κ1) is 22.2. The highest BCUT2D eigenvalue weighted by Gasteiger charge is 2.21. The molecule has 0 saturated heterocycles. The first-order valence-corrected chi connectivity index (χ1v) is 8.19. The molecule has 0 rings (SSSR count). The highest BCUT2D eigenvalue weighted by Crippen LogP contribution is 2.42. The van der Waals surface area contributed by atoms with Gasteiger partial charge in [0.15, 0.2) is 0 Å². The average Bonchev–Trinajstić information content (AvgIpc) is 2.45. The number of phosphoric ester groups is 1. The predicted octanol–water partition coefficient (Wildman–Crippen LogP) is -0.220. The lowest BCUT2D eigenvalue weighted by Crippen LogP contribution is -2.21. The van der Waals surface area contributed by atoms with Crippen molar-refractivity contribution in [3.8, 4) is 0 Å². The number of nitrogens with two attached hydrogens (primary N) is 1. The molecule has 20 heavy (non-hydrogen) atoms. The Labute approximate surface area is 121 Å². The van der Waals surface area contributed by atoms with Crippen molar-refractivity contribution in [3.63, 3.8) is 0 Å². The summed E-state index contributed by atoms with van der Waals surface area (Å²) in [5.74, 6) is 0. The topological polar surface area (TPSA) is 125 Å². The maximum atomic E-state index is 10.9. The van der Waals surface area contributed by atoms with Gasteiger partial charge in [0.1, 0.15) is 6.10 Å². The molecule has 5 N–H and O–H groups in total. The Balaban J connectivity index is 0. The normalized spacial score (nSPS) is 15.4. The second-order valence-electron chi connectivity index (χ2n) is 3.84. The lowest BCUT2D eigenvalue weighted by atomic mass is 10.4. The molecular weight excluding hydrogens is 287 g/mol. The summed E-state index contributed by atoms with van der Waals surface area (Å²) in [6.45, 7) is 9.10. The molecule has 0 aliphatic carbocycles. The fraction of sp³-hybridized carbons (Fsp3) is 1.00. The lowest BCUT2D eigenvalue weighted by molar-refractivity contribution is 0.0367. The molecule has 2 atom stereocenters. The zero-order chi connectivity index (χ0) is 16.0. The third kappa shape index (κ3) is 14.4. The summed E-state index contributed by atoms with van der Waals surface area (Å²) in [7, 11) is -4.13. The van der Waals surface area contributed by atoms with Crippen LogP contribution in [-0.4, -0.2) is 72.1 Å². The van der Waals surface area contributed by atoms with E-state index >= 15 is 0 Å². The highest BCUT2D eigenvalue weighted by molar-refractivity contribution is 7.47. The Morgan fingerprint density at radius 3 is 2.00 bits per heavy atom. The van der Waals surface area contributed by atoms with Crippen molar-refractivity contribution in [2.45, 2.75) is 26.9 Å². The summed E-state index contributed by atoms with van der Waals surface area (Å²) in [5.41, 5.74) is 5.02. The summed E-state index contributed by atoms with van der Waals surface area (Å²) < 4.78 is 19.5. The van der Waals surface area contributed by atoms with Gasteiger partial charge in [-0.05, 0) is 19.6 Å². The van der Waals surface area contributed by atoms with Crippen LogP contribution >= 0.6 is 7.82 Å². The molecule has 0 heterocycles. The highest BCUT2D eigenvalue weighted by atomic mass is 31.2. The first-order chi connectivity index (χ1) is 9.36. The average molecular weight is 316 g/mol. The van der Waals surface area contributed by atoms with E-state index in [2.05, 4.69) is 34.7 Å². The summed E-state index contributed by atoms with van der Waals surface area (Å²) in [4.78, 5) is 11.2. The molecule has 0 amide bonds. The van der Waals surface area contributed by atoms with Gasteiger partial charge in [0.25, 0.3) is 0 Å². The Hall–Kier alpha value is -0.0500. The Kier molecular flexibility index (Phi) is 15.5. The van der Waals surface area contributed by atoms with Gasteiger partial charge in [-0.2, -0.15) is 0 Å². The standard InChI is InChI=1S/C6H15N.C5H14NO6P/c1-4-7(5-2)6-3;6-1-2-11-13(9,10)12-4-5(8)3-7/h4-6H2,1-3H3;5,7-8H,1-4,6H2,(H,9,10). The third-order valence-electron chi connectivity index (χ3n) is 2.35. The molecule has 8 nitrogen and oxygen atoms in total. The van der Waals surface area contributed by atoms with Gasteiger partial charge in [0.05, 0.1) is 19.8 Å². The van der Waals surface area contributed by atoms with E-state index in [0.29, 0.717) is 0 Å². The van der Waals surface area contributed by atoms with Crippen LogP contribution < -0.4 is 5.73 Å². The molecule has 2 unspecified atom stereocenters. The zero-order valence-corrected chi connectivity index (χ0v) is 13.5. The van der Waals surface area contributed by atoms with Crippen molar-refractivity contribution in [3.05, 3.63) is 0 Å². The fourth-order valence-corrected chi connectivity index (χ4v) is 1.88. The van der Waals surface area contributed by atoms with Crippen LogP contribution in [-0.2, 0) is 13.6 Å². The van der Waals surface area contributed by atoms with E-state index in [1.165, 1.54) is 19.6 Å². The van der Waals surface area contributed by atoms with Crippen molar-refractivity contribution >= 4 is 7.82 Å². The summed E-state index contributed by atoms with van der Waals surface area (Å²) in [5, 5.41) is 17.1. The maximum absolute atomic E-state index is 10.9. The number of rotatable bonds is 10. The van der Waals surface area contributed by atoms with Crippen LogP contribution in [0, 0.1) is 0 Å². The molecule has 0 aromatic rings. The minimum Gasteiger partial charge on any atom is -0.394 e. The fourth-order valence-electron chi connectivity index (χ4n) is 1.11. The van der Waals surface area contributed by atoms with Gasteiger partial charge < -0.3 is 25.7 Å². The zero-order valence-electron chi connectivity index (χ0n) is 12.6. The third-order valence-corrected chi connectivity index (χ3v) is 3.34. The van der Waals surface area contributed by atoms with Crippen LogP contribution in [0.3, 0.4) is 0 Å². The molecular formula is C11H29N2O6P. The predicted molar refractivity (Wildman–Crippen MR) is 77.3 cm³/mol. The molecule has 0 aliphatic rings. The Bertz CT molecular complexity index is 248. The number of aliphatic hydroxyl groups excluding tert-OH is 2. The van der Waals surface area contributed by atoms with E-state index in [4.69, 9.17) is 20.8 Å². The number of hydrogen-bond donors (Lipinski definition) is 4. The van der Waals surface area contributed by atoms with Crippen LogP contribution in [0.4, 0.5) is 0 Å². The number of nitrogens with zero attached hydrogens (tertiary/aromatic N) is 1. The molecule has 0 saturated carbocycles. The smallest absolute Gasteiger partial charge is 0.394 e. The van der Waals surface area contributed by atoms with Gasteiger partial charge in [-0.1, -0.05) is 20.8 Å². The second-order valence-corrected chi connectivity index (χ2v) is 5.30. The Morgan fingerprint density at radius 1 is 1.20 bits per heavy atom. The van der Waals surface area contributed by atoms with Gasteiger partial charge in [0, 0.05) is 6.54 Å². The summed E-state index contributed by atoms with van der Waals surface area (Å²) in [6, 6.07) is 0. The molecule has 0 radical (unpaired) electrons. The summed E-state index contributed by atoms with van der Waals surface area (Å²) in [6.07, 6.45) is -1.19. The van der Waals surface area contributed by atoms with Crippen molar-refractivity contribution in [2.24, 2.45) is 5.73 Å². The van der Waals surface area contributed by atoms with E-state index in [0.717, 1.165) is 0 Å². The van der Waals surface area contributed by atoms with Crippen molar-refractivity contribution in [1.29, 1.82) is 0 Å². The van der Waals surface area contributed by atoms with Crippen LogP contribution in [0.25, 0.3) is 0 Å². The Morgan fingerprint density at radius 2 is 1.70 bits per heavy atom. The molecule has 0 spiro atoms. The van der Waals surface area contributed by atoms with E-state index < -0.39 is 27.1 Å². The lowest BCUT2D eigenvalue weighted by Gasteiger charge is -2.13. The molecule has 0 fully saturated rings. The molecule has 0 aromatic carbocycles. The SMILES string of the molecule is CCN(CC)CC.NCCOP(=O)(O)OCC(O)CO. The summed E-state index contributed by atoms with van der Waals surface area (Å²) >= 11 is 0. The molecule has 9 heteroatoms. The minimum absolute atomic E-state index is 0.0937.